The van der Waals surface area contributed by atoms with Gasteiger partial charge in [-0.05, 0) is 53.9 Å². The molecule has 0 aliphatic carbocycles. The zero-order valence-corrected chi connectivity index (χ0v) is 21.9. The van der Waals surface area contributed by atoms with E-state index in [9.17, 15) is 14.4 Å². The van der Waals surface area contributed by atoms with Crippen molar-refractivity contribution >= 4 is 29.6 Å². The molecule has 0 aliphatic heterocycles. The lowest BCUT2D eigenvalue weighted by atomic mass is 10.1. The number of hydrogen-bond acceptors (Lipinski definition) is 8. The minimum atomic E-state index is -0.903. The van der Waals surface area contributed by atoms with Gasteiger partial charge in [-0.15, -0.1) is 0 Å². The molecule has 0 atom stereocenters. The third kappa shape index (κ3) is 9.08. The molecule has 204 valence electrons. The molecule has 0 aliphatic rings. The summed E-state index contributed by atoms with van der Waals surface area (Å²) in [7, 11) is 4.64. The molecule has 0 aromatic heterocycles. The Morgan fingerprint density at radius 1 is 0.821 bits per heavy atom. The second-order valence-electron chi connectivity index (χ2n) is 8.04. The van der Waals surface area contributed by atoms with Gasteiger partial charge in [0.25, 0.3) is 5.91 Å². The van der Waals surface area contributed by atoms with Gasteiger partial charge in [-0.1, -0.05) is 24.3 Å². The number of methoxy groups -OCH3 is 3. The number of hydrazone groups is 1. The molecule has 3 N–H and O–H groups in total. The molecular weight excluding hydrogens is 504 g/mol. The van der Waals surface area contributed by atoms with Gasteiger partial charge < -0.3 is 29.6 Å². The van der Waals surface area contributed by atoms with Crippen molar-refractivity contribution in [3.63, 3.8) is 0 Å². The van der Waals surface area contributed by atoms with Gasteiger partial charge >= 0.3 is 11.8 Å². The lowest BCUT2D eigenvalue weighted by Gasteiger charge is -2.10. The van der Waals surface area contributed by atoms with Crippen LogP contribution in [0.1, 0.15) is 11.1 Å². The number of rotatable bonds is 12. The van der Waals surface area contributed by atoms with Crippen LogP contribution in [0, 0.1) is 0 Å². The van der Waals surface area contributed by atoms with Crippen LogP contribution in [0.5, 0.6) is 23.0 Å². The number of nitrogens with zero attached hydrogens (tertiary/aromatic N) is 1. The fraction of sp³-hybridized carbons (Fsp3) is 0.214. The number of carbonyl (C=O) groups excluding carboxylic acids is 3. The predicted octanol–water partition coefficient (Wildman–Crippen LogP) is 2.54. The van der Waals surface area contributed by atoms with Crippen molar-refractivity contribution in [2.75, 3.05) is 39.8 Å². The van der Waals surface area contributed by atoms with Crippen LogP contribution in [0.25, 0.3) is 0 Å². The maximum atomic E-state index is 12.2. The van der Waals surface area contributed by atoms with E-state index in [0.717, 1.165) is 5.56 Å². The number of amides is 3. The van der Waals surface area contributed by atoms with E-state index in [1.165, 1.54) is 6.21 Å². The topological polar surface area (TPSA) is 137 Å². The Hall–Kier alpha value is -5.06. The first-order valence-electron chi connectivity index (χ1n) is 11.9. The van der Waals surface area contributed by atoms with Crippen molar-refractivity contribution < 1.29 is 33.3 Å². The summed E-state index contributed by atoms with van der Waals surface area (Å²) in [5.74, 6) is 0.187. The molecule has 11 heteroatoms. The Balaban J connectivity index is 1.42. The fourth-order valence-electron chi connectivity index (χ4n) is 3.38. The highest BCUT2D eigenvalue weighted by Crippen LogP contribution is 2.27. The molecule has 3 aromatic carbocycles. The molecule has 3 aromatic rings. The first-order chi connectivity index (χ1) is 18.9. The first kappa shape index (κ1) is 28.5. The average molecular weight is 535 g/mol. The number of anilines is 1. The van der Waals surface area contributed by atoms with Crippen molar-refractivity contribution in [1.29, 1.82) is 0 Å². The SMILES string of the molecule is COc1cccc(NC(=O)COc2cccc(/C=N\NC(=O)C(=O)NCCc3ccc(OC)c(OC)c3)c2)c1. The average Bonchev–Trinajstić information content (AvgIpc) is 2.96. The van der Waals surface area contributed by atoms with E-state index >= 15 is 0 Å². The smallest absolute Gasteiger partial charge is 0.329 e. The molecule has 11 nitrogen and oxygen atoms in total. The molecule has 0 bridgehead atoms. The van der Waals surface area contributed by atoms with E-state index in [2.05, 4.69) is 21.2 Å². The Kier molecular flexibility index (Phi) is 10.7. The van der Waals surface area contributed by atoms with Gasteiger partial charge in [0, 0.05) is 18.3 Å². The van der Waals surface area contributed by atoms with Crippen molar-refractivity contribution in [2.24, 2.45) is 5.10 Å². The summed E-state index contributed by atoms with van der Waals surface area (Å²) in [5, 5.41) is 9.09. The van der Waals surface area contributed by atoms with Crippen molar-refractivity contribution in [1.82, 2.24) is 10.7 Å². The molecule has 0 spiro atoms. The Labute approximate surface area is 226 Å². The molecule has 0 saturated heterocycles. The van der Waals surface area contributed by atoms with Crippen molar-refractivity contribution in [3.05, 3.63) is 77.9 Å². The molecule has 39 heavy (non-hydrogen) atoms. The first-order valence-corrected chi connectivity index (χ1v) is 11.9. The van der Waals surface area contributed by atoms with Gasteiger partial charge in [-0.3, -0.25) is 14.4 Å². The van der Waals surface area contributed by atoms with Crippen LogP contribution in [0.15, 0.2) is 71.8 Å². The van der Waals surface area contributed by atoms with Crippen molar-refractivity contribution in [3.8, 4) is 23.0 Å². The van der Waals surface area contributed by atoms with E-state index in [1.807, 2.05) is 6.07 Å². The van der Waals surface area contributed by atoms with Crippen LogP contribution in [0.2, 0.25) is 0 Å². The molecule has 3 amide bonds. The highest BCUT2D eigenvalue weighted by molar-refractivity contribution is 6.35. The zero-order valence-electron chi connectivity index (χ0n) is 21.9. The number of carbonyl (C=O) groups is 3. The Morgan fingerprint density at radius 2 is 1.59 bits per heavy atom. The van der Waals surface area contributed by atoms with Crippen LogP contribution >= 0.6 is 0 Å². The van der Waals surface area contributed by atoms with Crippen molar-refractivity contribution in [2.45, 2.75) is 6.42 Å². The number of nitrogens with one attached hydrogen (secondary N) is 3. The highest BCUT2D eigenvalue weighted by atomic mass is 16.5. The molecule has 3 rings (SSSR count). The maximum Gasteiger partial charge on any atom is 0.329 e. The largest absolute Gasteiger partial charge is 0.497 e. The van der Waals surface area contributed by atoms with E-state index in [1.54, 1.807) is 82.0 Å². The summed E-state index contributed by atoms with van der Waals surface area (Å²) in [4.78, 5) is 36.3. The van der Waals surface area contributed by atoms with Gasteiger partial charge in [-0.2, -0.15) is 5.10 Å². The summed E-state index contributed by atoms with van der Waals surface area (Å²) in [6, 6.07) is 19.2. The minimum absolute atomic E-state index is 0.210. The summed E-state index contributed by atoms with van der Waals surface area (Å²) in [6.45, 7) is 0.0360. The third-order valence-electron chi connectivity index (χ3n) is 5.31. The van der Waals surface area contributed by atoms with E-state index in [-0.39, 0.29) is 19.1 Å². The van der Waals surface area contributed by atoms with Crippen LogP contribution < -0.4 is 35.0 Å². The summed E-state index contributed by atoms with van der Waals surface area (Å²) >= 11 is 0. The second-order valence-corrected chi connectivity index (χ2v) is 8.04. The Bertz CT molecular complexity index is 1330. The Morgan fingerprint density at radius 3 is 2.36 bits per heavy atom. The zero-order chi connectivity index (χ0) is 28.0. The third-order valence-corrected chi connectivity index (χ3v) is 5.31. The molecular formula is C28H30N4O7. The van der Waals surface area contributed by atoms with E-state index in [4.69, 9.17) is 18.9 Å². The summed E-state index contributed by atoms with van der Waals surface area (Å²) in [6.07, 6.45) is 1.85. The highest BCUT2D eigenvalue weighted by Gasteiger charge is 2.12. The number of hydrogen-bond donors (Lipinski definition) is 3. The predicted molar refractivity (Wildman–Crippen MR) is 146 cm³/mol. The molecule has 0 unspecified atom stereocenters. The minimum Gasteiger partial charge on any atom is -0.497 e. The molecule has 0 heterocycles. The van der Waals surface area contributed by atoms with Gasteiger partial charge in [0.1, 0.15) is 11.5 Å². The van der Waals surface area contributed by atoms with Gasteiger partial charge in [-0.25, -0.2) is 5.43 Å². The quantitative estimate of drug-likeness (QED) is 0.185. The van der Waals surface area contributed by atoms with Gasteiger partial charge in [0.15, 0.2) is 18.1 Å². The molecule has 0 saturated carbocycles. The maximum absolute atomic E-state index is 12.2. The monoisotopic (exact) mass is 534 g/mol. The number of ether oxygens (including phenoxy) is 4. The fourth-order valence-corrected chi connectivity index (χ4v) is 3.38. The second kappa shape index (κ2) is 14.6. The van der Waals surface area contributed by atoms with Crippen LogP contribution in [-0.4, -0.2) is 58.4 Å². The van der Waals surface area contributed by atoms with E-state index < -0.39 is 11.8 Å². The standard InChI is InChI=1S/C28H30N4O7/c1-36-22-8-5-7-21(16-22)31-26(33)18-39-23-9-4-6-20(14-23)17-30-32-28(35)27(34)29-13-12-19-10-11-24(37-2)25(15-19)38-3/h4-11,14-17H,12-13,18H2,1-3H3,(H,29,34)(H,31,33)(H,32,35)/b30-17-. The van der Waals surface area contributed by atoms with Gasteiger partial charge in [0.05, 0.1) is 27.5 Å². The molecule has 0 fully saturated rings. The molecule has 0 radical (unpaired) electrons. The van der Waals surface area contributed by atoms with Gasteiger partial charge in [0.2, 0.25) is 0 Å². The van der Waals surface area contributed by atoms with Crippen LogP contribution in [-0.2, 0) is 20.8 Å². The lowest BCUT2D eigenvalue weighted by Crippen LogP contribution is -2.38. The summed E-state index contributed by atoms with van der Waals surface area (Å²) in [5.41, 5.74) is 4.27. The number of benzene rings is 3. The van der Waals surface area contributed by atoms with Crippen LogP contribution in [0.4, 0.5) is 5.69 Å². The van der Waals surface area contributed by atoms with E-state index in [0.29, 0.717) is 40.7 Å². The van der Waals surface area contributed by atoms with Crippen LogP contribution in [0.3, 0.4) is 0 Å². The lowest BCUT2D eigenvalue weighted by molar-refractivity contribution is -0.139. The normalized spacial score (nSPS) is 10.4. The summed E-state index contributed by atoms with van der Waals surface area (Å²) < 4.78 is 21.1.